The van der Waals surface area contributed by atoms with Crippen molar-refractivity contribution in [2.75, 3.05) is 18.4 Å². The Morgan fingerprint density at radius 1 is 0.921 bits per heavy atom. The van der Waals surface area contributed by atoms with E-state index in [0.717, 1.165) is 22.5 Å². The molecule has 0 aliphatic carbocycles. The fourth-order valence-electron chi connectivity index (χ4n) is 4.37. The summed E-state index contributed by atoms with van der Waals surface area (Å²) in [5.74, 6) is 0.413. The molecule has 1 heterocycles. The normalized spacial score (nSPS) is 12.1. The molecule has 0 unspecified atom stereocenters. The van der Waals surface area contributed by atoms with Crippen molar-refractivity contribution in [1.82, 2.24) is 14.7 Å². The van der Waals surface area contributed by atoms with E-state index in [0.29, 0.717) is 17.9 Å². The van der Waals surface area contributed by atoms with Crippen LogP contribution in [0, 0.1) is 19.8 Å². The van der Waals surface area contributed by atoms with Crippen LogP contribution in [0.3, 0.4) is 0 Å². The van der Waals surface area contributed by atoms with Gasteiger partial charge in [0.2, 0.25) is 5.91 Å². The molecular weight excluding hydrogens is 472 g/mol. The Bertz CT molecular complexity index is 1290. The zero-order chi connectivity index (χ0) is 28.4. The molecule has 3 aromatic rings. The number of nitrogens with one attached hydrogen (secondary N) is 1. The van der Waals surface area contributed by atoms with Gasteiger partial charge in [-0.1, -0.05) is 85.2 Å². The van der Waals surface area contributed by atoms with Crippen molar-refractivity contribution < 1.29 is 9.59 Å². The maximum Gasteiger partial charge on any atom is 0.254 e. The molecule has 1 aromatic heterocycles. The molecule has 1 N–H and O–H groups in total. The summed E-state index contributed by atoms with van der Waals surface area (Å²) in [5.41, 5.74) is 5.58. The van der Waals surface area contributed by atoms with Gasteiger partial charge in [-0.3, -0.25) is 9.59 Å². The molecule has 204 valence electrons. The highest BCUT2D eigenvalue weighted by Crippen LogP contribution is 2.28. The topological polar surface area (TPSA) is 67.2 Å². The van der Waals surface area contributed by atoms with Gasteiger partial charge in [0.15, 0.2) is 0 Å². The molecule has 3 rings (SSSR count). The average Bonchev–Trinajstić information content (AvgIpc) is 3.21. The lowest BCUT2D eigenvalue weighted by atomic mass is 9.86. The number of amides is 2. The third-order valence-electron chi connectivity index (χ3n) is 6.53. The van der Waals surface area contributed by atoms with Crippen molar-refractivity contribution in [3.05, 3.63) is 76.5 Å². The molecule has 0 spiro atoms. The lowest BCUT2D eigenvalue weighted by Crippen LogP contribution is -2.40. The molecule has 6 nitrogen and oxygen atoms in total. The van der Waals surface area contributed by atoms with E-state index < -0.39 is 0 Å². The third-order valence-corrected chi connectivity index (χ3v) is 6.53. The zero-order valence-electron chi connectivity index (χ0n) is 24.8. The second kappa shape index (κ2) is 11.1. The van der Waals surface area contributed by atoms with E-state index >= 15 is 0 Å². The minimum atomic E-state index is -0.253. The van der Waals surface area contributed by atoms with Crippen LogP contribution in [0.2, 0.25) is 0 Å². The van der Waals surface area contributed by atoms with Crippen LogP contribution in [0.1, 0.15) is 88.1 Å². The number of aromatic nitrogens is 2. The van der Waals surface area contributed by atoms with Crippen molar-refractivity contribution in [3.8, 4) is 5.69 Å². The van der Waals surface area contributed by atoms with Crippen molar-refractivity contribution in [2.24, 2.45) is 5.92 Å². The van der Waals surface area contributed by atoms with Crippen LogP contribution in [0.25, 0.3) is 5.69 Å². The van der Waals surface area contributed by atoms with Crippen molar-refractivity contribution in [2.45, 2.75) is 80.1 Å². The largest absolute Gasteiger partial charge is 0.329 e. The molecule has 2 aromatic carbocycles. The van der Waals surface area contributed by atoms with Crippen LogP contribution in [0.4, 0.5) is 5.82 Å². The van der Waals surface area contributed by atoms with E-state index in [1.54, 1.807) is 9.58 Å². The van der Waals surface area contributed by atoms with E-state index in [2.05, 4.69) is 59.8 Å². The Morgan fingerprint density at radius 2 is 1.55 bits per heavy atom. The molecule has 0 aliphatic heterocycles. The van der Waals surface area contributed by atoms with Crippen molar-refractivity contribution in [3.63, 3.8) is 0 Å². The van der Waals surface area contributed by atoms with Gasteiger partial charge in [0, 0.05) is 23.6 Å². The monoisotopic (exact) mass is 516 g/mol. The minimum absolute atomic E-state index is 0.00372. The van der Waals surface area contributed by atoms with E-state index in [4.69, 9.17) is 5.10 Å². The smallest absolute Gasteiger partial charge is 0.254 e. The summed E-state index contributed by atoms with van der Waals surface area (Å²) in [5, 5.41) is 7.90. The maximum absolute atomic E-state index is 13.5. The molecule has 0 atom stereocenters. The lowest BCUT2D eigenvalue weighted by Gasteiger charge is -2.25. The molecule has 0 bridgehead atoms. The molecule has 6 heteroatoms. The Morgan fingerprint density at radius 3 is 2.08 bits per heavy atom. The summed E-state index contributed by atoms with van der Waals surface area (Å²) < 4.78 is 1.80. The number of carbonyl (C=O) groups is 2. The van der Waals surface area contributed by atoms with Gasteiger partial charge in [-0.2, -0.15) is 5.10 Å². The van der Waals surface area contributed by atoms with Crippen LogP contribution >= 0.6 is 0 Å². The zero-order valence-corrected chi connectivity index (χ0v) is 24.8. The first-order chi connectivity index (χ1) is 17.6. The maximum atomic E-state index is 13.5. The number of hydrogen-bond acceptors (Lipinski definition) is 3. The first-order valence-electron chi connectivity index (χ1n) is 13.4. The molecule has 0 saturated heterocycles. The van der Waals surface area contributed by atoms with E-state index in [-0.39, 0.29) is 35.1 Å². The number of hydrogen-bond donors (Lipinski definition) is 1. The standard InChI is InChI=1S/C32H44N4O2/c1-21(2)19-35(30(38)24-12-14-25(15-13-24)31(5,6)7)20-29(37)33-28-18-27(32(8,9)10)34-36(28)26-16-11-22(3)17-23(26)4/h11-18,21H,19-20H2,1-10H3,(H,33,37). The summed E-state index contributed by atoms with van der Waals surface area (Å²) in [6, 6.07) is 15.8. The van der Waals surface area contributed by atoms with Gasteiger partial charge in [-0.05, 0) is 54.5 Å². The first kappa shape index (κ1) is 29.2. The van der Waals surface area contributed by atoms with Crippen LogP contribution in [-0.2, 0) is 15.6 Å². The Balaban J connectivity index is 1.88. The number of nitrogens with zero attached hydrogens (tertiary/aromatic N) is 3. The second-order valence-corrected chi connectivity index (χ2v) is 12.8. The van der Waals surface area contributed by atoms with E-state index in [1.165, 1.54) is 5.56 Å². The minimum Gasteiger partial charge on any atom is -0.329 e. The van der Waals surface area contributed by atoms with Gasteiger partial charge in [0.25, 0.3) is 5.91 Å². The number of anilines is 1. The van der Waals surface area contributed by atoms with Gasteiger partial charge in [-0.25, -0.2) is 4.68 Å². The molecular formula is C32H44N4O2. The van der Waals surface area contributed by atoms with Gasteiger partial charge in [0.1, 0.15) is 12.4 Å². The number of carbonyl (C=O) groups excluding carboxylic acids is 2. The van der Waals surface area contributed by atoms with Crippen LogP contribution < -0.4 is 5.32 Å². The third kappa shape index (κ3) is 7.12. The molecule has 0 aliphatic rings. The molecule has 2 amide bonds. The van der Waals surface area contributed by atoms with E-state index in [1.807, 2.05) is 63.2 Å². The molecule has 0 fully saturated rings. The van der Waals surface area contributed by atoms with Crippen molar-refractivity contribution >= 4 is 17.6 Å². The second-order valence-electron chi connectivity index (χ2n) is 12.8. The first-order valence-corrected chi connectivity index (χ1v) is 13.4. The number of benzene rings is 2. The fourth-order valence-corrected chi connectivity index (χ4v) is 4.37. The van der Waals surface area contributed by atoms with Gasteiger partial charge in [0.05, 0.1) is 11.4 Å². The summed E-state index contributed by atoms with van der Waals surface area (Å²) in [6.45, 7) is 21.4. The Labute approximate surface area is 228 Å². The highest BCUT2D eigenvalue weighted by Gasteiger charge is 2.25. The number of aryl methyl sites for hydroxylation is 2. The van der Waals surface area contributed by atoms with Crippen LogP contribution in [-0.4, -0.2) is 39.6 Å². The highest BCUT2D eigenvalue weighted by atomic mass is 16.2. The molecule has 0 radical (unpaired) electrons. The predicted octanol–water partition coefficient (Wildman–Crippen LogP) is 6.82. The predicted molar refractivity (Wildman–Crippen MR) is 156 cm³/mol. The molecule has 0 saturated carbocycles. The summed E-state index contributed by atoms with van der Waals surface area (Å²) in [6.07, 6.45) is 0. The fraction of sp³-hybridized carbons (Fsp3) is 0.469. The summed E-state index contributed by atoms with van der Waals surface area (Å²) in [4.78, 5) is 28.5. The van der Waals surface area contributed by atoms with Crippen molar-refractivity contribution in [1.29, 1.82) is 0 Å². The van der Waals surface area contributed by atoms with Gasteiger partial charge in [-0.15, -0.1) is 0 Å². The van der Waals surface area contributed by atoms with E-state index in [9.17, 15) is 9.59 Å². The SMILES string of the molecule is Cc1ccc(-n2nc(C(C)(C)C)cc2NC(=O)CN(CC(C)C)C(=O)c2ccc(C(C)(C)C)cc2)c(C)c1. The average molecular weight is 517 g/mol. The lowest BCUT2D eigenvalue weighted by molar-refractivity contribution is -0.117. The Kier molecular flexibility index (Phi) is 8.55. The van der Waals surface area contributed by atoms with Gasteiger partial charge < -0.3 is 10.2 Å². The Hall–Kier alpha value is -3.41. The molecule has 38 heavy (non-hydrogen) atoms. The highest BCUT2D eigenvalue weighted by molar-refractivity contribution is 5.99. The van der Waals surface area contributed by atoms with Crippen LogP contribution in [0.5, 0.6) is 0 Å². The van der Waals surface area contributed by atoms with Crippen LogP contribution in [0.15, 0.2) is 48.5 Å². The summed E-state index contributed by atoms with van der Waals surface area (Å²) in [7, 11) is 0. The van der Waals surface area contributed by atoms with Gasteiger partial charge >= 0.3 is 0 Å². The quantitative estimate of drug-likeness (QED) is 0.375. The number of rotatable bonds is 7. The summed E-state index contributed by atoms with van der Waals surface area (Å²) >= 11 is 0.